The number of likely N-dealkylation sites (tertiary alicyclic amines) is 1. The number of benzene rings is 1. The van der Waals surface area contributed by atoms with Gasteiger partial charge in [0.1, 0.15) is 10.4 Å². The number of fused-ring (bicyclic) bond motifs is 1. The van der Waals surface area contributed by atoms with E-state index >= 15 is 0 Å². The Labute approximate surface area is 267 Å². The summed E-state index contributed by atoms with van der Waals surface area (Å²) in [4.78, 5) is 24.9. The van der Waals surface area contributed by atoms with Crippen LogP contribution in [-0.4, -0.2) is 87.2 Å². The van der Waals surface area contributed by atoms with Gasteiger partial charge in [0.05, 0.1) is 52.1 Å². The second kappa shape index (κ2) is 12.8. The van der Waals surface area contributed by atoms with Crippen molar-refractivity contribution >= 4 is 39.7 Å². The van der Waals surface area contributed by atoms with Crippen molar-refractivity contribution in [3.8, 4) is 10.6 Å². The van der Waals surface area contributed by atoms with Gasteiger partial charge in [-0.15, -0.1) is 11.3 Å². The summed E-state index contributed by atoms with van der Waals surface area (Å²) < 4.78 is 99.1. The molecule has 8 nitrogen and oxygen atoms in total. The number of carbonyl (C=O) groups excluding carboxylic acids is 1. The molecule has 0 radical (unpaired) electrons. The molecule has 5 heterocycles. The molecule has 2 saturated heterocycles. The molecule has 0 saturated carbocycles. The maximum absolute atomic E-state index is 14.2. The van der Waals surface area contributed by atoms with Crippen molar-refractivity contribution in [1.82, 2.24) is 19.8 Å². The van der Waals surface area contributed by atoms with Crippen molar-refractivity contribution in [3.63, 3.8) is 0 Å². The highest BCUT2D eigenvalue weighted by Crippen LogP contribution is 2.42. The van der Waals surface area contributed by atoms with E-state index in [1.54, 1.807) is 11.0 Å². The van der Waals surface area contributed by atoms with Gasteiger partial charge in [-0.2, -0.15) is 26.3 Å². The molecule has 6 rings (SSSR count). The van der Waals surface area contributed by atoms with Gasteiger partial charge in [-0.3, -0.25) is 13.9 Å². The number of aryl methyl sites for hydroxylation is 1. The lowest BCUT2D eigenvalue weighted by Crippen LogP contribution is -2.52. The normalized spacial score (nSPS) is 20.4. The van der Waals surface area contributed by atoms with E-state index in [0.29, 0.717) is 57.4 Å². The molecule has 0 spiro atoms. The average molecular weight is 688 g/mol. The van der Waals surface area contributed by atoms with E-state index in [1.807, 2.05) is 19.1 Å². The van der Waals surface area contributed by atoms with Crippen molar-refractivity contribution in [2.45, 2.75) is 55.4 Å². The minimum atomic E-state index is -4.79. The number of carbonyl (C=O) groups is 1. The third kappa shape index (κ3) is 6.94. The first-order valence-electron chi connectivity index (χ1n) is 14.8. The van der Waals surface area contributed by atoms with Crippen LogP contribution in [0.25, 0.3) is 10.6 Å². The Bertz CT molecular complexity index is 1630. The number of nitrogens with zero attached hydrogens (tertiary/aromatic N) is 4. The fourth-order valence-corrected chi connectivity index (χ4v) is 8.62. The number of alkyl halides is 6. The molecule has 1 N–H and O–H groups in total. The van der Waals surface area contributed by atoms with E-state index < -0.39 is 41.0 Å². The lowest BCUT2D eigenvalue weighted by molar-refractivity contribution is -0.148. The number of ether oxygens (including phenoxy) is 1. The molecule has 1 unspecified atom stereocenters. The van der Waals surface area contributed by atoms with Crippen molar-refractivity contribution in [3.05, 3.63) is 52.0 Å². The van der Waals surface area contributed by atoms with E-state index in [4.69, 9.17) is 4.74 Å². The highest BCUT2D eigenvalue weighted by Gasteiger charge is 2.39. The van der Waals surface area contributed by atoms with Crippen molar-refractivity contribution < 1.29 is 40.1 Å². The SMILES string of the molecule is CCc1cc(C2CCN(CC(F)(F)F)CC2)ccc1Nc1ncc(C(F)(F)F)c(-c2cc3c(s2)C(=O)N(C2COC2)CCS3=O)n1. The molecular weight excluding hydrogens is 656 g/mol. The number of hydrogen-bond acceptors (Lipinski definition) is 8. The number of piperidine rings is 1. The summed E-state index contributed by atoms with van der Waals surface area (Å²) in [6.07, 6.45) is -6.59. The molecule has 1 atom stereocenters. The van der Waals surface area contributed by atoms with Crippen LogP contribution in [0.15, 0.2) is 35.4 Å². The molecular formula is C30H31F6N5O3S2. The number of rotatable bonds is 7. The average Bonchev–Trinajstić information content (AvgIpc) is 3.39. The minimum Gasteiger partial charge on any atom is -0.377 e. The molecule has 2 fully saturated rings. The van der Waals surface area contributed by atoms with Crippen LogP contribution in [0.4, 0.5) is 38.0 Å². The third-order valence-corrected chi connectivity index (χ3v) is 11.1. The van der Waals surface area contributed by atoms with Crippen molar-refractivity contribution in [2.24, 2.45) is 0 Å². The largest absolute Gasteiger partial charge is 0.420 e. The summed E-state index contributed by atoms with van der Waals surface area (Å²) in [5.41, 5.74) is 0.919. The minimum absolute atomic E-state index is 0.0547. The predicted molar refractivity (Wildman–Crippen MR) is 161 cm³/mol. The zero-order valence-electron chi connectivity index (χ0n) is 24.7. The zero-order chi connectivity index (χ0) is 32.8. The summed E-state index contributed by atoms with van der Waals surface area (Å²) in [5.74, 6) is -0.218. The highest BCUT2D eigenvalue weighted by molar-refractivity contribution is 7.85. The molecule has 3 aliphatic heterocycles. The van der Waals surface area contributed by atoms with Gasteiger partial charge in [-0.1, -0.05) is 19.1 Å². The van der Waals surface area contributed by atoms with E-state index in [2.05, 4.69) is 15.3 Å². The maximum atomic E-state index is 14.2. The summed E-state index contributed by atoms with van der Waals surface area (Å²) in [7, 11) is -1.59. The fraction of sp³-hybridized carbons (Fsp3) is 0.500. The number of amides is 1. The van der Waals surface area contributed by atoms with Crippen LogP contribution >= 0.6 is 11.3 Å². The smallest absolute Gasteiger partial charge is 0.377 e. The van der Waals surface area contributed by atoms with Gasteiger partial charge in [0.15, 0.2) is 0 Å². The summed E-state index contributed by atoms with van der Waals surface area (Å²) >= 11 is 0.834. The van der Waals surface area contributed by atoms with Gasteiger partial charge in [-0.05, 0) is 61.5 Å². The topological polar surface area (TPSA) is 87.7 Å². The number of anilines is 2. The predicted octanol–water partition coefficient (Wildman–Crippen LogP) is 6.23. The number of hydrogen-bond donors (Lipinski definition) is 1. The quantitative estimate of drug-likeness (QED) is 0.295. The Morgan fingerprint density at radius 2 is 1.83 bits per heavy atom. The van der Waals surface area contributed by atoms with E-state index in [0.717, 1.165) is 22.5 Å². The van der Waals surface area contributed by atoms with Crippen LogP contribution in [-0.2, 0) is 28.1 Å². The monoisotopic (exact) mass is 687 g/mol. The molecule has 2 aromatic heterocycles. The van der Waals surface area contributed by atoms with Crippen molar-refractivity contribution in [1.29, 1.82) is 0 Å². The van der Waals surface area contributed by atoms with E-state index in [-0.39, 0.29) is 50.8 Å². The molecule has 1 aromatic carbocycles. The number of aromatic nitrogens is 2. The van der Waals surface area contributed by atoms with Crippen LogP contribution in [0.5, 0.6) is 0 Å². The Hall–Kier alpha value is -3.08. The second-order valence-electron chi connectivity index (χ2n) is 11.6. The van der Waals surface area contributed by atoms with Gasteiger partial charge < -0.3 is 15.0 Å². The molecule has 248 valence electrons. The van der Waals surface area contributed by atoms with Gasteiger partial charge in [0.2, 0.25) is 5.95 Å². The summed E-state index contributed by atoms with van der Waals surface area (Å²) in [6, 6.07) is 6.82. The Morgan fingerprint density at radius 3 is 2.46 bits per heavy atom. The van der Waals surface area contributed by atoms with Crippen LogP contribution in [0.1, 0.15) is 52.0 Å². The molecule has 16 heteroatoms. The highest BCUT2D eigenvalue weighted by atomic mass is 32.2. The number of thiophene rings is 1. The first-order valence-corrected chi connectivity index (χ1v) is 17.0. The Balaban J connectivity index is 1.26. The lowest BCUT2D eigenvalue weighted by atomic mass is 9.88. The number of halogens is 6. The molecule has 0 bridgehead atoms. The Morgan fingerprint density at radius 1 is 1.09 bits per heavy atom. The third-order valence-electron chi connectivity index (χ3n) is 8.52. The van der Waals surface area contributed by atoms with Crippen molar-refractivity contribution in [2.75, 3.05) is 50.5 Å². The molecule has 0 aliphatic carbocycles. The molecule has 3 aromatic rings. The zero-order valence-corrected chi connectivity index (χ0v) is 26.3. The molecule has 3 aliphatic rings. The van der Waals surface area contributed by atoms with Crippen LogP contribution in [0, 0.1) is 0 Å². The Kier molecular flexibility index (Phi) is 9.17. The van der Waals surface area contributed by atoms with Crippen LogP contribution < -0.4 is 5.32 Å². The maximum Gasteiger partial charge on any atom is 0.420 e. The van der Waals surface area contributed by atoms with Gasteiger partial charge in [0.25, 0.3) is 5.91 Å². The molecule has 1 amide bonds. The van der Waals surface area contributed by atoms with Crippen LogP contribution in [0.2, 0.25) is 0 Å². The number of nitrogens with one attached hydrogen (secondary N) is 1. The second-order valence-corrected chi connectivity index (χ2v) is 14.1. The van der Waals surface area contributed by atoms with Crippen LogP contribution in [0.3, 0.4) is 0 Å². The summed E-state index contributed by atoms with van der Waals surface area (Å²) in [6.45, 7) is 2.65. The molecule has 46 heavy (non-hydrogen) atoms. The van der Waals surface area contributed by atoms with E-state index in [9.17, 15) is 35.3 Å². The van der Waals surface area contributed by atoms with Gasteiger partial charge >= 0.3 is 12.4 Å². The first kappa shape index (κ1) is 32.8. The van der Waals surface area contributed by atoms with E-state index in [1.165, 1.54) is 11.0 Å². The van der Waals surface area contributed by atoms with Gasteiger partial charge in [-0.25, -0.2) is 9.97 Å². The lowest BCUT2D eigenvalue weighted by Gasteiger charge is -2.36. The van der Waals surface area contributed by atoms with Gasteiger partial charge in [0, 0.05) is 24.2 Å². The fourth-order valence-electron chi connectivity index (χ4n) is 6.00. The standard InChI is InChI=1S/C30H31F6N5O3S2/c1-2-17-11-19(18-5-7-40(8-6-18)16-29(31,32)33)3-4-22(17)38-28-37-13-21(30(34,35)36)25(39-28)23-12-24-26(45-23)27(42)41(9-10-46(24)43)20-14-44-15-20/h3-4,11-13,18,20H,2,5-10,14-16H2,1H3,(H,37,38,39). The first-order chi connectivity index (χ1) is 21.8. The summed E-state index contributed by atoms with van der Waals surface area (Å²) in [5, 5.41) is 3.03.